The van der Waals surface area contributed by atoms with Gasteiger partial charge >= 0.3 is 0 Å². The molecule has 0 aliphatic heterocycles. The minimum absolute atomic E-state index is 0.753. The Balaban J connectivity index is 2.31. The van der Waals surface area contributed by atoms with Crippen LogP contribution in [0.15, 0.2) is 9.47 Å². The monoisotopic (exact) mass is 295 g/mol. The number of halogens is 2. The maximum atomic E-state index is 3.40. The van der Waals surface area contributed by atoms with Crippen LogP contribution in [0.25, 0.3) is 0 Å². The van der Waals surface area contributed by atoms with Crippen LogP contribution < -0.4 is 5.32 Å². The lowest BCUT2D eigenvalue weighted by molar-refractivity contribution is 0.342. The van der Waals surface area contributed by atoms with Crippen molar-refractivity contribution in [2.24, 2.45) is 5.92 Å². The van der Waals surface area contributed by atoms with Gasteiger partial charge in [-0.2, -0.15) is 0 Å². The number of nitrogens with one attached hydrogen (secondary N) is 1. The summed E-state index contributed by atoms with van der Waals surface area (Å²) in [7, 11) is 2.06. The molecular weight excluding hydrogens is 282 g/mol. The molecule has 0 amide bonds. The highest BCUT2D eigenvalue weighted by Crippen LogP contribution is 2.28. The number of allylic oxidation sites excluding steroid dienone is 1. The molecule has 1 N–H and O–H groups in total. The van der Waals surface area contributed by atoms with Gasteiger partial charge in [0.2, 0.25) is 0 Å². The molecule has 0 heterocycles. The molecule has 0 aromatic rings. The standard InChI is InChI=1S/C9H15Br2N/c1-12-8-4-2-7(3-5-8)6-9(10)11/h6-8,12H,2-5H2,1H3. The topological polar surface area (TPSA) is 12.0 Å². The van der Waals surface area contributed by atoms with Gasteiger partial charge in [-0.3, -0.25) is 0 Å². The van der Waals surface area contributed by atoms with Gasteiger partial charge in [-0.15, -0.1) is 0 Å². The fourth-order valence-corrected chi connectivity index (χ4v) is 2.50. The third kappa shape index (κ3) is 3.58. The molecule has 0 atom stereocenters. The second-order valence-electron chi connectivity index (χ2n) is 3.36. The van der Waals surface area contributed by atoms with Crippen LogP contribution in [-0.4, -0.2) is 13.1 Å². The van der Waals surface area contributed by atoms with Gasteiger partial charge in [-0.1, -0.05) is 6.08 Å². The van der Waals surface area contributed by atoms with Crippen molar-refractivity contribution >= 4 is 31.9 Å². The van der Waals surface area contributed by atoms with Crippen molar-refractivity contribution in [1.29, 1.82) is 0 Å². The van der Waals surface area contributed by atoms with E-state index in [9.17, 15) is 0 Å². The summed E-state index contributed by atoms with van der Waals surface area (Å²) in [5, 5.41) is 3.33. The summed E-state index contributed by atoms with van der Waals surface area (Å²) in [5.41, 5.74) is 0. The highest BCUT2D eigenvalue weighted by Gasteiger charge is 2.17. The Hall–Kier alpha value is 0.660. The third-order valence-corrected chi connectivity index (χ3v) is 3.07. The molecule has 0 aromatic heterocycles. The highest BCUT2D eigenvalue weighted by atomic mass is 79.9. The molecule has 0 radical (unpaired) electrons. The Morgan fingerprint density at radius 2 is 1.83 bits per heavy atom. The summed E-state index contributed by atoms with van der Waals surface area (Å²) in [6.45, 7) is 0. The van der Waals surface area contributed by atoms with E-state index in [-0.39, 0.29) is 0 Å². The van der Waals surface area contributed by atoms with Gasteiger partial charge in [0.05, 0.1) is 3.39 Å². The second-order valence-corrected chi connectivity index (χ2v) is 6.13. The number of hydrogen-bond donors (Lipinski definition) is 1. The predicted molar refractivity (Wildman–Crippen MR) is 60.7 cm³/mol. The molecular formula is C9H15Br2N. The molecule has 0 bridgehead atoms. The summed E-state index contributed by atoms with van der Waals surface area (Å²) in [6.07, 6.45) is 7.51. The summed E-state index contributed by atoms with van der Waals surface area (Å²) in [5.74, 6) is 0.767. The van der Waals surface area contributed by atoms with Crippen LogP contribution in [-0.2, 0) is 0 Å². The van der Waals surface area contributed by atoms with E-state index in [2.05, 4.69) is 50.3 Å². The minimum atomic E-state index is 0.753. The molecule has 0 spiro atoms. The Bertz CT molecular complexity index is 156. The van der Waals surface area contributed by atoms with Crippen molar-refractivity contribution in [3.8, 4) is 0 Å². The maximum Gasteiger partial charge on any atom is 0.0567 e. The lowest BCUT2D eigenvalue weighted by atomic mass is 9.86. The first-order chi connectivity index (χ1) is 5.72. The largest absolute Gasteiger partial charge is 0.317 e. The first kappa shape index (κ1) is 10.7. The van der Waals surface area contributed by atoms with Crippen LogP contribution in [0.4, 0.5) is 0 Å². The molecule has 3 heteroatoms. The van der Waals surface area contributed by atoms with Crippen molar-refractivity contribution in [2.45, 2.75) is 31.7 Å². The van der Waals surface area contributed by atoms with Gasteiger partial charge in [0.15, 0.2) is 0 Å². The molecule has 1 aliphatic rings. The molecule has 70 valence electrons. The smallest absolute Gasteiger partial charge is 0.0567 e. The molecule has 0 saturated heterocycles. The van der Waals surface area contributed by atoms with E-state index in [1.54, 1.807) is 0 Å². The van der Waals surface area contributed by atoms with Crippen LogP contribution in [0.2, 0.25) is 0 Å². The van der Waals surface area contributed by atoms with Gasteiger partial charge in [0, 0.05) is 6.04 Å². The van der Waals surface area contributed by atoms with E-state index < -0.39 is 0 Å². The molecule has 12 heavy (non-hydrogen) atoms. The summed E-state index contributed by atoms with van der Waals surface area (Å²) >= 11 is 6.81. The fraction of sp³-hybridized carbons (Fsp3) is 0.778. The van der Waals surface area contributed by atoms with Crippen LogP contribution in [0.3, 0.4) is 0 Å². The van der Waals surface area contributed by atoms with Gasteiger partial charge in [0.1, 0.15) is 0 Å². The van der Waals surface area contributed by atoms with E-state index in [0.29, 0.717) is 0 Å². The van der Waals surface area contributed by atoms with Crippen molar-refractivity contribution in [1.82, 2.24) is 5.32 Å². The molecule has 1 nitrogen and oxygen atoms in total. The summed E-state index contributed by atoms with van der Waals surface area (Å²) < 4.78 is 1.10. The average molecular weight is 297 g/mol. The maximum absolute atomic E-state index is 3.40. The lowest BCUT2D eigenvalue weighted by Gasteiger charge is -2.26. The predicted octanol–water partition coefficient (Wildman–Crippen LogP) is 3.40. The second kappa shape index (κ2) is 5.40. The molecule has 1 saturated carbocycles. The SMILES string of the molecule is CNC1CCC(C=C(Br)Br)CC1. The van der Waals surface area contributed by atoms with E-state index in [1.807, 2.05) is 0 Å². The molecule has 0 unspecified atom stereocenters. The van der Waals surface area contributed by atoms with Gasteiger partial charge < -0.3 is 5.32 Å². The Kier molecular flexibility index (Phi) is 4.84. The lowest BCUT2D eigenvalue weighted by Crippen LogP contribution is -2.29. The average Bonchev–Trinajstić information content (AvgIpc) is 2.05. The van der Waals surface area contributed by atoms with Crippen LogP contribution in [0.1, 0.15) is 25.7 Å². The fourth-order valence-electron chi connectivity index (χ4n) is 1.75. The summed E-state index contributed by atoms with van der Waals surface area (Å²) in [4.78, 5) is 0. The van der Waals surface area contributed by atoms with Crippen molar-refractivity contribution in [3.63, 3.8) is 0 Å². The zero-order chi connectivity index (χ0) is 8.97. The first-order valence-electron chi connectivity index (χ1n) is 4.42. The Morgan fingerprint density at radius 1 is 1.25 bits per heavy atom. The van der Waals surface area contributed by atoms with E-state index in [1.165, 1.54) is 25.7 Å². The van der Waals surface area contributed by atoms with Crippen LogP contribution >= 0.6 is 31.9 Å². The molecule has 0 aromatic carbocycles. The van der Waals surface area contributed by atoms with Crippen LogP contribution in [0, 0.1) is 5.92 Å². The first-order valence-corrected chi connectivity index (χ1v) is 6.01. The van der Waals surface area contributed by atoms with E-state index in [4.69, 9.17) is 0 Å². The minimum Gasteiger partial charge on any atom is -0.317 e. The van der Waals surface area contributed by atoms with Crippen LogP contribution in [0.5, 0.6) is 0 Å². The molecule has 1 aliphatic carbocycles. The third-order valence-electron chi connectivity index (χ3n) is 2.54. The van der Waals surface area contributed by atoms with Crippen molar-refractivity contribution in [3.05, 3.63) is 9.47 Å². The number of rotatable bonds is 2. The number of hydrogen-bond acceptors (Lipinski definition) is 1. The van der Waals surface area contributed by atoms with Crippen molar-refractivity contribution < 1.29 is 0 Å². The molecule has 1 fully saturated rings. The zero-order valence-electron chi connectivity index (χ0n) is 7.32. The Labute approximate surface area is 91.2 Å². The van der Waals surface area contributed by atoms with E-state index in [0.717, 1.165) is 15.4 Å². The van der Waals surface area contributed by atoms with Crippen molar-refractivity contribution in [2.75, 3.05) is 7.05 Å². The van der Waals surface area contributed by atoms with Gasteiger partial charge in [-0.25, -0.2) is 0 Å². The highest BCUT2D eigenvalue weighted by molar-refractivity contribution is 9.28. The Morgan fingerprint density at radius 3 is 2.25 bits per heavy atom. The van der Waals surface area contributed by atoms with E-state index >= 15 is 0 Å². The van der Waals surface area contributed by atoms with Gasteiger partial charge in [0.25, 0.3) is 0 Å². The van der Waals surface area contributed by atoms with Gasteiger partial charge in [-0.05, 0) is 70.5 Å². The normalized spacial score (nSPS) is 29.9. The zero-order valence-corrected chi connectivity index (χ0v) is 10.5. The molecule has 1 rings (SSSR count). The summed E-state index contributed by atoms with van der Waals surface area (Å²) in [6, 6.07) is 0.753. The quantitative estimate of drug-likeness (QED) is 0.823.